The third kappa shape index (κ3) is 3.44. The van der Waals surface area contributed by atoms with Gasteiger partial charge in [0, 0.05) is 13.1 Å². The number of halogens is 1. The summed E-state index contributed by atoms with van der Waals surface area (Å²) < 4.78 is 40.1. The lowest BCUT2D eigenvalue weighted by atomic mass is 9.87. The normalized spacial score (nSPS) is 23.5. The summed E-state index contributed by atoms with van der Waals surface area (Å²) in [6.45, 7) is 1.74. The van der Waals surface area contributed by atoms with Gasteiger partial charge in [-0.05, 0) is 49.3 Å². The quantitative estimate of drug-likeness (QED) is 0.929. The molecule has 1 N–H and O–H groups in total. The number of aliphatic hydroxyl groups is 1. The Balaban J connectivity index is 2.31. The van der Waals surface area contributed by atoms with Gasteiger partial charge < -0.3 is 5.11 Å². The van der Waals surface area contributed by atoms with Gasteiger partial charge in [0.2, 0.25) is 10.0 Å². The fraction of sp³-hybridized carbons (Fsp3) is 0.600. The fourth-order valence-electron chi connectivity index (χ4n) is 2.86. The van der Waals surface area contributed by atoms with Crippen LogP contribution in [0.3, 0.4) is 0 Å². The highest BCUT2D eigenvalue weighted by atomic mass is 32.2. The predicted octanol–water partition coefficient (Wildman–Crippen LogP) is 2.52. The molecule has 0 spiro atoms. The van der Waals surface area contributed by atoms with Gasteiger partial charge in [-0.3, -0.25) is 0 Å². The van der Waals surface area contributed by atoms with Gasteiger partial charge >= 0.3 is 0 Å². The molecular weight excluding hydrogens is 293 g/mol. The first kappa shape index (κ1) is 16.4. The topological polar surface area (TPSA) is 57.6 Å². The molecule has 0 bridgehead atoms. The zero-order valence-electron chi connectivity index (χ0n) is 12.4. The molecule has 6 heteroatoms. The molecule has 1 aliphatic rings. The Labute approximate surface area is 125 Å². The maximum absolute atomic E-state index is 13.4. The zero-order valence-corrected chi connectivity index (χ0v) is 13.2. The summed E-state index contributed by atoms with van der Waals surface area (Å²) in [7, 11) is -2.24. The second-order valence-electron chi connectivity index (χ2n) is 5.85. The van der Waals surface area contributed by atoms with Crippen LogP contribution in [-0.2, 0) is 16.6 Å². The molecule has 4 nitrogen and oxygen atoms in total. The molecule has 118 valence electrons. The summed E-state index contributed by atoms with van der Waals surface area (Å²) in [5.41, 5.74) is 0.229. The maximum Gasteiger partial charge on any atom is 0.243 e. The Hall–Kier alpha value is -0.980. The van der Waals surface area contributed by atoms with E-state index < -0.39 is 22.4 Å². The summed E-state index contributed by atoms with van der Waals surface area (Å²) in [6.07, 6.45) is 3.64. The van der Waals surface area contributed by atoms with Gasteiger partial charge in [0.15, 0.2) is 0 Å². The van der Waals surface area contributed by atoms with Crippen LogP contribution in [0.15, 0.2) is 23.1 Å². The van der Waals surface area contributed by atoms with Crippen molar-refractivity contribution < 1.29 is 17.9 Å². The maximum atomic E-state index is 13.4. The second kappa shape index (κ2) is 6.42. The highest BCUT2D eigenvalue weighted by Gasteiger charge is 2.32. The van der Waals surface area contributed by atoms with Crippen LogP contribution in [0.25, 0.3) is 0 Å². The molecule has 0 radical (unpaired) electrons. The van der Waals surface area contributed by atoms with Crippen LogP contribution in [0.4, 0.5) is 4.39 Å². The number of hydrogen-bond donors (Lipinski definition) is 1. The molecule has 1 aromatic carbocycles. The zero-order chi connectivity index (χ0) is 15.6. The van der Waals surface area contributed by atoms with Crippen molar-refractivity contribution in [1.82, 2.24) is 4.31 Å². The van der Waals surface area contributed by atoms with Crippen LogP contribution in [0.5, 0.6) is 0 Å². The minimum Gasteiger partial charge on any atom is -0.392 e. The summed E-state index contributed by atoms with van der Waals surface area (Å²) in [6, 6.07) is 3.41. The van der Waals surface area contributed by atoms with Crippen molar-refractivity contribution in [3.63, 3.8) is 0 Å². The van der Waals surface area contributed by atoms with Gasteiger partial charge in [-0.1, -0.05) is 13.0 Å². The highest BCUT2D eigenvalue weighted by molar-refractivity contribution is 7.89. The van der Waals surface area contributed by atoms with E-state index in [0.29, 0.717) is 5.92 Å². The van der Waals surface area contributed by atoms with Crippen molar-refractivity contribution in [2.24, 2.45) is 5.92 Å². The van der Waals surface area contributed by atoms with Gasteiger partial charge in [-0.25, -0.2) is 12.8 Å². The number of sulfonamides is 1. The summed E-state index contributed by atoms with van der Waals surface area (Å²) in [5.74, 6) is 0.0102. The standard InChI is InChI=1S/C15H22FNO3S/c1-11-3-7-14(8-4-11)17(2)21(19,20)15-9-13(16)6-5-12(15)10-18/h5-6,9,11,14,18H,3-4,7-8,10H2,1-2H3. The van der Waals surface area contributed by atoms with Gasteiger partial charge in [-0.15, -0.1) is 0 Å². The number of rotatable bonds is 4. The first-order valence-electron chi connectivity index (χ1n) is 7.23. The van der Waals surface area contributed by atoms with Crippen molar-refractivity contribution >= 4 is 10.0 Å². The van der Waals surface area contributed by atoms with E-state index in [1.807, 2.05) is 0 Å². The van der Waals surface area contributed by atoms with E-state index in [1.54, 1.807) is 7.05 Å². The Morgan fingerprint density at radius 2 is 1.90 bits per heavy atom. The van der Waals surface area contributed by atoms with Crippen LogP contribution in [0.1, 0.15) is 38.2 Å². The smallest absolute Gasteiger partial charge is 0.243 e. The van der Waals surface area contributed by atoms with Crippen LogP contribution in [-0.4, -0.2) is 30.9 Å². The lowest BCUT2D eigenvalue weighted by Crippen LogP contribution is -2.39. The van der Waals surface area contributed by atoms with Gasteiger partial charge in [0.05, 0.1) is 11.5 Å². The van der Waals surface area contributed by atoms with Crippen LogP contribution in [0.2, 0.25) is 0 Å². The summed E-state index contributed by atoms with van der Waals surface area (Å²) in [4.78, 5) is -0.133. The van der Waals surface area contributed by atoms with Crippen LogP contribution >= 0.6 is 0 Å². The van der Waals surface area contributed by atoms with Crippen LogP contribution < -0.4 is 0 Å². The molecule has 1 aromatic rings. The van der Waals surface area contributed by atoms with E-state index in [2.05, 4.69) is 6.92 Å². The second-order valence-corrected chi connectivity index (χ2v) is 7.81. The average molecular weight is 315 g/mol. The molecule has 0 aliphatic heterocycles. The van der Waals surface area contributed by atoms with Crippen LogP contribution in [0, 0.1) is 11.7 Å². The molecule has 0 amide bonds. The largest absolute Gasteiger partial charge is 0.392 e. The Morgan fingerprint density at radius 1 is 1.29 bits per heavy atom. The van der Waals surface area contributed by atoms with E-state index in [0.717, 1.165) is 37.8 Å². The lowest BCUT2D eigenvalue weighted by Gasteiger charge is -2.33. The number of nitrogens with zero attached hydrogens (tertiary/aromatic N) is 1. The predicted molar refractivity (Wildman–Crippen MR) is 78.7 cm³/mol. The first-order valence-corrected chi connectivity index (χ1v) is 8.67. The minimum absolute atomic E-state index is 0.0546. The van der Waals surface area contributed by atoms with E-state index in [9.17, 15) is 17.9 Å². The molecule has 1 fully saturated rings. The molecule has 0 atom stereocenters. The van der Waals surface area contributed by atoms with E-state index in [-0.39, 0.29) is 16.5 Å². The Bertz CT molecular complexity index is 595. The lowest BCUT2D eigenvalue weighted by molar-refractivity contribution is 0.245. The molecule has 0 heterocycles. The Kier molecular flexibility index (Phi) is 5.01. The number of benzene rings is 1. The molecular formula is C15H22FNO3S. The SMILES string of the molecule is CC1CCC(N(C)S(=O)(=O)c2cc(F)ccc2CO)CC1. The van der Waals surface area contributed by atoms with Crippen molar-refractivity contribution in [2.75, 3.05) is 7.05 Å². The van der Waals surface area contributed by atoms with Crippen molar-refractivity contribution in [1.29, 1.82) is 0 Å². The average Bonchev–Trinajstić information content (AvgIpc) is 2.47. The van der Waals surface area contributed by atoms with Gasteiger partial charge in [0.1, 0.15) is 5.82 Å². The summed E-state index contributed by atoms with van der Waals surface area (Å²) >= 11 is 0. The minimum atomic E-state index is -3.79. The summed E-state index contributed by atoms with van der Waals surface area (Å²) in [5, 5.41) is 9.29. The first-order chi connectivity index (χ1) is 9.86. The molecule has 0 aromatic heterocycles. The van der Waals surface area contributed by atoms with Crippen molar-refractivity contribution in [3.05, 3.63) is 29.6 Å². The van der Waals surface area contributed by atoms with Gasteiger partial charge in [-0.2, -0.15) is 4.31 Å². The Morgan fingerprint density at radius 3 is 2.48 bits per heavy atom. The number of aliphatic hydroxyl groups excluding tert-OH is 1. The number of hydrogen-bond acceptors (Lipinski definition) is 3. The third-order valence-electron chi connectivity index (χ3n) is 4.36. The fourth-order valence-corrected chi connectivity index (χ4v) is 4.50. The molecule has 0 saturated heterocycles. The molecule has 1 saturated carbocycles. The third-order valence-corrected chi connectivity index (χ3v) is 6.35. The molecule has 1 aliphatic carbocycles. The van der Waals surface area contributed by atoms with E-state index in [4.69, 9.17) is 0 Å². The molecule has 21 heavy (non-hydrogen) atoms. The molecule has 2 rings (SSSR count). The van der Waals surface area contributed by atoms with Crippen molar-refractivity contribution in [3.8, 4) is 0 Å². The highest BCUT2D eigenvalue weighted by Crippen LogP contribution is 2.30. The van der Waals surface area contributed by atoms with Gasteiger partial charge in [0.25, 0.3) is 0 Å². The van der Waals surface area contributed by atoms with E-state index >= 15 is 0 Å². The van der Waals surface area contributed by atoms with E-state index in [1.165, 1.54) is 10.4 Å². The molecule has 0 unspecified atom stereocenters. The van der Waals surface area contributed by atoms with Crippen molar-refractivity contribution in [2.45, 2.75) is 50.2 Å². The monoisotopic (exact) mass is 315 g/mol.